The zero-order valence-corrected chi connectivity index (χ0v) is 19.2. The number of amides is 1. The van der Waals surface area contributed by atoms with Crippen molar-refractivity contribution in [3.8, 4) is 16.9 Å². The number of ether oxygens (including phenoxy) is 1. The topological polar surface area (TPSA) is 32.8 Å². The average molecular weight is 427 g/mol. The SMILES string of the molecule is CCN(C)C(=O)c1ccc(-c2ccc(OCC3CCN(CC(C)(C)F)CC3)cc2)cc1. The molecule has 0 N–H and O–H groups in total. The number of hydrogen-bond acceptors (Lipinski definition) is 3. The molecule has 31 heavy (non-hydrogen) atoms. The van der Waals surface area contributed by atoms with Crippen LogP contribution in [0.2, 0.25) is 0 Å². The van der Waals surface area contributed by atoms with E-state index in [1.165, 1.54) is 0 Å². The lowest BCUT2D eigenvalue weighted by molar-refractivity contribution is 0.0802. The summed E-state index contributed by atoms with van der Waals surface area (Å²) in [5, 5.41) is 0. The normalized spacial score (nSPS) is 15.6. The molecule has 1 aliphatic rings. The van der Waals surface area contributed by atoms with Crippen LogP contribution in [0, 0.1) is 5.92 Å². The van der Waals surface area contributed by atoms with E-state index in [2.05, 4.69) is 17.0 Å². The maximum absolute atomic E-state index is 13.8. The predicted octanol–water partition coefficient (Wildman–Crippen LogP) is 5.28. The van der Waals surface area contributed by atoms with Gasteiger partial charge in [-0.1, -0.05) is 24.3 Å². The number of alkyl halides is 1. The van der Waals surface area contributed by atoms with Gasteiger partial charge in [0.1, 0.15) is 11.4 Å². The summed E-state index contributed by atoms with van der Waals surface area (Å²) in [5.74, 6) is 1.43. The molecule has 0 spiro atoms. The van der Waals surface area contributed by atoms with E-state index in [-0.39, 0.29) is 5.91 Å². The van der Waals surface area contributed by atoms with Crippen molar-refractivity contribution in [2.75, 3.05) is 39.8 Å². The molecule has 1 aliphatic heterocycles. The van der Waals surface area contributed by atoms with Crippen LogP contribution in [-0.2, 0) is 0 Å². The Bertz CT molecular complexity index is 835. The molecule has 5 heteroatoms. The Morgan fingerprint density at radius 3 is 2.13 bits per heavy atom. The van der Waals surface area contributed by atoms with E-state index in [0.717, 1.165) is 42.8 Å². The molecule has 2 aromatic rings. The van der Waals surface area contributed by atoms with Crippen molar-refractivity contribution in [2.24, 2.45) is 5.92 Å². The molecule has 4 nitrogen and oxygen atoms in total. The maximum Gasteiger partial charge on any atom is 0.253 e. The van der Waals surface area contributed by atoms with Crippen LogP contribution in [0.25, 0.3) is 11.1 Å². The monoisotopic (exact) mass is 426 g/mol. The van der Waals surface area contributed by atoms with Gasteiger partial charge in [0.05, 0.1) is 6.61 Å². The summed E-state index contributed by atoms with van der Waals surface area (Å²) >= 11 is 0. The zero-order valence-electron chi connectivity index (χ0n) is 19.2. The Labute approximate surface area is 186 Å². The molecule has 168 valence electrons. The van der Waals surface area contributed by atoms with Crippen molar-refractivity contribution < 1.29 is 13.9 Å². The third-order valence-corrected chi connectivity index (χ3v) is 5.93. The van der Waals surface area contributed by atoms with Gasteiger partial charge < -0.3 is 14.5 Å². The van der Waals surface area contributed by atoms with E-state index in [1.807, 2.05) is 50.4 Å². The highest BCUT2D eigenvalue weighted by Crippen LogP contribution is 2.25. The van der Waals surface area contributed by atoms with Crippen LogP contribution in [0.5, 0.6) is 5.75 Å². The van der Waals surface area contributed by atoms with Gasteiger partial charge in [-0.3, -0.25) is 4.79 Å². The quantitative estimate of drug-likeness (QED) is 0.575. The molecule has 0 atom stereocenters. The fourth-order valence-electron chi connectivity index (χ4n) is 3.97. The number of benzene rings is 2. The molecule has 0 unspecified atom stereocenters. The summed E-state index contributed by atoms with van der Waals surface area (Å²) in [5.41, 5.74) is 1.74. The first-order chi connectivity index (χ1) is 14.7. The summed E-state index contributed by atoms with van der Waals surface area (Å²) < 4.78 is 19.8. The van der Waals surface area contributed by atoms with Gasteiger partial charge in [-0.2, -0.15) is 0 Å². The Kier molecular flexibility index (Phi) is 7.71. The largest absolute Gasteiger partial charge is 0.493 e. The van der Waals surface area contributed by atoms with Gasteiger partial charge >= 0.3 is 0 Å². The molecule has 2 aromatic carbocycles. The second-order valence-corrected chi connectivity index (χ2v) is 9.17. The van der Waals surface area contributed by atoms with E-state index in [1.54, 1.807) is 18.7 Å². The molecule has 0 aliphatic carbocycles. The van der Waals surface area contributed by atoms with Crippen molar-refractivity contribution in [3.05, 3.63) is 54.1 Å². The van der Waals surface area contributed by atoms with Gasteiger partial charge in [0.25, 0.3) is 5.91 Å². The van der Waals surface area contributed by atoms with Crippen LogP contribution in [0.1, 0.15) is 44.0 Å². The Hall–Kier alpha value is -2.40. The van der Waals surface area contributed by atoms with Crippen LogP contribution < -0.4 is 4.74 Å². The van der Waals surface area contributed by atoms with E-state index in [4.69, 9.17) is 4.74 Å². The van der Waals surface area contributed by atoms with Crippen LogP contribution in [0.3, 0.4) is 0 Å². The zero-order chi connectivity index (χ0) is 22.4. The van der Waals surface area contributed by atoms with Crippen LogP contribution in [0.4, 0.5) is 4.39 Å². The molecule has 0 saturated carbocycles. The third kappa shape index (κ3) is 6.79. The minimum atomic E-state index is -1.13. The summed E-state index contributed by atoms with van der Waals surface area (Å²) in [4.78, 5) is 16.2. The molecule has 1 saturated heterocycles. The molecule has 1 heterocycles. The minimum Gasteiger partial charge on any atom is -0.493 e. The Morgan fingerprint density at radius 2 is 1.61 bits per heavy atom. The number of rotatable bonds is 8. The van der Waals surface area contributed by atoms with Gasteiger partial charge in [-0.25, -0.2) is 4.39 Å². The first-order valence-corrected chi connectivity index (χ1v) is 11.2. The number of nitrogens with zero attached hydrogens (tertiary/aromatic N) is 2. The molecule has 1 fully saturated rings. The fraction of sp³-hybridized carbons (Fsp3) is 0.500. The number of likely N-dealkylation sites (tertiary alicyclic amines) is 1. The Balaban J connectivity index is 1.49. The van der Waals surface area contributed by atoms with Crippen molar-refractivity contribution in [1.82, 2.24) is 9.80 Å². The van der Waals surface area contributed by atoms with E-state index in [0.29, 0.717) is 31.2 Å². The minimum absolute atomic E-state index is 0.0389. The lowest BCUT2D eigenvalue weighted by Gasteiger charge is -2.34. The highest BCUT2D eigenvalue weighted by molar-refractivity contribution is 5.94. The number of halogens is 1. The summed E-state index contributed by atoms with van der Waals surface area (Å²) in [6, 6.07) is 15.8. The molecule has 0 bridgehead atoms. The lowest BCUT2D eigenvalue weighted by atomic mass is 9.97. The number of carbonyl (C=O) groups excluding carboxylic acids is 1. The summed E-state index contributed by atoms with van der Waals surface area (Å²) in [6.07, 6.45) is 2.10. The van der Waals surface area contributed by atoms with E-state index >= 15 is 0 Å². The van der Waals surface area contributed by atoms with E-state index in [9.17, 15) is 9.18 Å². The number of piperidine rings is 1. The molecular weight excluding hydrogens is 391 g/mol. The van der Waals surface area contributed by atoms with E-state index < -0.39 is 5.67 Å². The van der Waals surface area contributed by atoms with Gasteiger partial charge in [0.2, 0.25) is 0 Å². The first kappa shape index (κ1) is 23.3. The summed E-state index contributed by atoms with van der Waals surface area (Å²) in [6.45, 7) is 9.03. The van der Waals surface area contributed by atoms with Crippen molar-refractivity contribution in [3.63, 3.8) is 0 Å². The molecule has 0 radical (unpaired) electrons. The molecule has 3 rings (SSSR count). The van der Waals surface area contributed by atoms with Gasteiger partial charge in [0, 0.05) is 25.7 Å². The Morgan fingerprint density at radius 1 is 1.06 bits per heavy atom. The van der Waals surface area contributed by atoms with Gasteiger partial charge in [-0.05, 0) is 88.0 Å². The van der Waals surface area contributed by atoms with Gasteiger partial charge in [-0.15, -0.1) is 0 Å². The highest BCUT2D eigenvalue weighted by Gasteiger charge is 2.25. The molecule has 1 amide bonds. The first-order valence-electron chi connectivity index (χ1n) is 11.2. The smallest absolute Gasteiger partial charge is 0.253 e. The van der Waals surface area contributed by atoms with Crippen molar-refractivity contribution in [2.45, 2.75) is 39.3 Å². The number of carbonyl (C=O) groups is 1. The standard InChI is InChI=1S/C26H35FN2O2/c1-5-28(4)25(30)23-8-6-21(7-9-23)22-10-12-24(13-11-22)31-18-20-14-16-29(17-15-20)19-26(2,3)27/h6-13,20H,5,14-19H2,1-4H3. The molecule has 0 aromatic heterocycles. The van der Waals surface area contributed by atoms with Crippen molar-refractivity contribution in [1.29, 1.82) is 0 Å². The predicted molar refractivity (Wildman–Crippen MR) is 124 cm³/mol. The summed E-state index contributed by atoms with van der Waals surface area (Å²) in [7, 11) is 1.81. The highest BCUT2D eigenvalue weighted by atomic mass is 19.1. The lowest BCUT2D eigenvalue weighted by Crippen LogP contribution is -2.41. The van der Waals surface area contributed by atoms with Gasteiger partial charge in [0.15, 0.2) is 0 Å². The maximum atomic E-state index is 13.8. The van der Waals surface area contributed by atoms with Crippen LogP contribution >= 0.6 is 0 Å². The van der Waals surface area contributed by atoms with Crippen molar-refractivity contribution >= 4 is 5.91 Å². The van der Waals surface area contributed by atoms with Crippen LogP contribution in [-0.4, -0.2) is 61.2 Å². The second kappa shape index (κ2) is 10.3. The number of hydrogen-bond donors (Lipinski definition) is 0. The second-order valence-electron chi connectivity index (χ2n) is 9.17. The third-order valence-electron chi connectivity index (χ3n) is 5.93. The van der Waals surface area contributed by atoms with Crippen LogP contribution in [0.15, 0.2) is 48.5 Å². The molecular formula is C26H35FN2O2. The fourth-order valence-corrected chi connectivity index (χ4v) is 3.97. The average Bonchev–Trinajstić information content (AvgIpc) is 2.77.